The van der Waals surface area contributed by atoms with E-state index < -0.39 is 12.1 Å². The Bertz CT molecular complexity index is 287. The highest BCUT2D eigenvalue weighted by molar-refractivity contribution is 5.86. The van der Waals surface area contributed by atoms with Crippen LogP contribution in [0.2, 0.25) is 0 Å². The van der Waals surface area contributed by atoms with Gasteiger partial charge < -0.3 is 10.1 Å². The van der Waals surface area contributed by atoms with E-state index in [1.54, 1.807) is 13.8 Å². The summed E-state index contributed by atoms with van der Waals surface area (Å²) in [6.45, 7) is 7.21. The molecule has 0 aromatic carbocycles. The molecule has 0 aromatic heterocycles. The van der Waals surface area contributed by atoms with Crippen molar-refractivity contribution < 1.29 is 19.2 Å². The number of carbonyl (C=O) groups is 2. The maximum Gasteiger partial charge on any atom is 0.433 e. The first-order valence-electron chi connectivity index (χ1n) is 4.83. The molecule has 0 bridgehead atoms. The van der Waals surface area contributed by atoms with Crippen molar-refractivity contribution in [1.82, 2.24) is 5.32 Å². The van der Waals surface area contributed by atoms with Gasteiger partial charge in [0.1, 0.15) is 0 Å². The molecule has 0 aliphatic heterocycles. The summed E-state index contributed by atoms with van der Waals surface area (Å²) < 4.78 is 4.81. The third kappa shape index (κ3) is 7.54. The van der Waals surface area contributed by atoms with Gasteiger partial charge >= 0.3 is 12.1 Å². The van der Waals surface area contributed by atoms with Crippen LogP contribution in [0.3, 0.4) is 0 Å². The Balaban J connectivity index is 3.43. The number of esters is 1. The van der Waals surface area contributed by atoms with Gasteiger partial charge in [-0.25, -0.2) is 9.59 Å². The van der Waals surface area contributed by atoms with Crippen molar-refractivity contribution >= 4 is 18.3 Å². The summed E-state index contributed by atoms with van der Waals surface area (Å²) in [7, 11) is 0. The van der Waals surface area contributed by atoms with Gasteiger partial charge in [-0.2, -0.15) is 0 Å². The zero-order valence-electron chi connectivity index (χ0n) is 9.49. The van der Waals surface area contributed by atoms with Gasteiger partial charge in [0.2, 0.25) is 0 Å². The van der Waals surface area contributed by atoms with Crippen LogP contribution in [0, 0.1) is 0 Å². The quantitative estimate of drug-likeness (QED) is 0.185. The fraction of sp³-hybridized carbons (Fsp3) is 0.500. The lowest BCUT2D eigenvalue weighted by atomic mass is 10.3. The summed E-state index contributed by atoms with van der Waals surface area (Å²) in [4.78, 5) is 26.1. The molecule has 1 amide bonds. The van der Waals surface area contributed by atoms with Gasteiger partial charge in [0.15, 0.2) is 0 Å². The third-order valence-electron chi connectivity index (χ3n) is 1.41. The van der Waals surface area contributed by atoms with Crippen LogP contribution in [0.5, 0.6) is 0 Å². The van der Waals surface area contributed by atoms with E-state index in [9.17, 15) is 9.59 Å². The first-order chi connectivity index (χ1) is 7.57. The Kier molecular flexibility index (Phi) is 7.48. The lowest BCUT2D eigenvalue weighted by molar-refractivity contribution is -0.138. The summed E-state index contributed by atoms with van der Waals surface area (Å²) >= 11 is 0. The summed E-state index contributed by atoms with van der Waals surface area (Å²) in [6.07, 6.45) is 1.22. The minimum Gasteiger partial charge on any atom is -0.462 e. The summed E-state index contributed by atoms with van der Waals surface area (Å²) in [6, 6.07) is 0. The van der Waals surface area contributed by atoms with Gasteiger partial charge in [-0.15, -0.1) is 0 Å². The first-order valence-corrected chi connectivity index (χ1v) is 4.83. The predicted molar refractivity (Wildman–Crippen MR) is 59.0 cm³/mol. The zero-order valence-corrected chi connectivity index (χ0v) is 9.49. The van der Waals surface area contributed by atoms with Crippen LogP contribution >= 0.6 is 0 Å². The molecule has 0 radical (unpaired) electrons. The smallest absolute Gasteiger partial charge is 0.433 e. The van der Waals surface area contributed by atoms with Gasteiger partial charge in [0.25, 0.3) is 0 Å². The van der Waals surface area contributed by atoms with Gasteiger partial charge in [-0.1, -0.05) is 11.7 Å². The fourth-order valence-electron chi connectivity index (χ4n) is 0.684. The maximum atomic E-state index is 10.9. The standard InChI is InChI=1S/C10H16N2O4/c1-4-12-16-10(14)11-6-5-7-15-9(13)8(2)3/h4H,2,5-7H2,1,3H3,(H,11,14)/b12-4+. The minimum absolute atomic E-state index is 0.225. The molecule has 0 rings (SSSR count). The van der Waals surface area contributed by atoms with Crippen molar-refractivity contribution in [2.75, 3.05) is 13.2 Å². The summed E-state index contributed by atoms with van der Waals surface area (Å²) in [5, 5.41) is 5.72. The van der Waals surface area contributed by atoms with Crippen molar-refractivity contribution in [3.63, 3.8) is 0 Å². The van der Waals surface area contributed by atoms with Crippen LogP contribution in [0.15, 0.2) is 17.3 Å². The molecule has 6 nitrogen and oxygen atoms in total. The summed E-state index contributed by atoms with van der Waals surface area (Å²) in [5.74, 6) is -0.432. The predicted octanol–water partition coefficient (Wildman–Crippen LogP) is 1.23. The molecule has 0 aliphatic carbocycles. The number of nitrogens with one attached hydrogen (secondary N) is 1. The fourth-order valence-corrected chi connectivity index (χ4v) is 0.684. The third-order valence-corrected chi connectivity index (χ3v) is 1.41. The van der Waals surface area contributed by atoms with Gasteiger partial charge in [0.05, 0.1) is 6.61 Å². The number of carbonyl (C=O) groups excluding carboxylic acids is 2. The highest BCUT2D eigenvalue weighted by atomic mass is 16.7. The average Bonchev–Trinajstić information content (AvgIpc) is 2.25. The monoisotopic (exact) mass is 228 g/mol. The van der Waals surface area contributed by atoms with Crippen molar-refractivity contribution in [3.05, 3.63) is 12.2 Å². The van der Waals surface area contributed by atoms with Crippen LogP contribution in [-0.2, 0) is 14.4 Å². The van der Waals surface area contributed by atoms with Gasteiger partial charge in [-0.3, -0.25) is 4.84 Å². The zero-order chi connectivity index (χ0) is 12.4. The Morgan fingerprint density at radius 2 is 2.19 bits per heavy atom. The SMILES string of the molecule is C=C(C)C(=O)OCCCNC(=O)O/N=C/C. The van der Waals surface area contributed by atoms with E-state index in [4.69, 9.17) is 4.74 Å². The second kappa shape index (κ2) is 8.46. The van der Waals surface area contributed by atoms with Gasteiger partial charge in [-0.05, 0) is 20.3 Å². The van der Waals surface area contributed by atoms with Crippen molar-refractivity contribution in [3.8, 4) is 0 Å². The molecule has 0 heterocycles. The Morgan fingerprint density at radius 1 is 1.50 bits per heavy atom. The normalized spacial score (nSPS) is 9.88. The van der Waals surface area contributed by atoms with E-state index in [1.807, 2.05) is 0 Å². The second-order valence-electron chi connectivity index (χ2n) is 2.94. The molecular formula is C10H16N2O4. The lowest BCUT2D eigenvalue weighted by Crippen LogP contribution is -2.25. The van der Waals surface area contributed by atoms with E-state index >= 15 is 0 Å². The van der Waals surface area contributed by atoms with Crippen molar-refractivity contribution in [1.29, 1.82) is 0 Å². The molecule has 0 fully saturated rings. The first kappa shape index (κ1) is 14.2. The molecule has 0 saturated heterocycles. The Morgan fingerprint density at radius 3 is 2.75 bits per heavy atom. The number of ether oxygens (including phenoxy) is 1. The van der Waals surface area contributed by atoms with E-state index in [0.717, 1.165) is 0 Å². The Hall–Kier alpha value is -1.85. The van der Waals surface area contributed by atoms with E-state index in [1.165, 1.54) is 6.21 Å². The van der Waals surface area contributed by atoms with Crippen LogP contribution < -0.4 is 5.32 Å². The molecule has 90 valence electrons. The van der Waals surface area contributed by atoms with Crippen LogP contribution in [-0.4, -0.2) is 31.4 Å². The minimum atomic E-state index is -0.635. The van der Waals surface area contributed by atoms with Gasteiger partial charge in [0, 0.05) is 18.3 Å². The maximum absolute atomic E-state index is 10.9. The molecular weight excluding hydrogens is 212 g/mol. The van der Waals surface area contributed by atoms with E-state index in [0.29, 0.717) is 18.5 Å². The highest BCUT2D eigenvalue weighted by Crippen LogP contribution is 1.92. The Labute approximate surface area is 94.3 Å². The molecule has 0 saturated carbocycles. The van der Waals surface area contributed by atoms with E-state index in [-0.39, 0.29) is 6.61 Å². The van der Waals surface area contributed by atoms with Crippen LogP contribution in [0.4, 0.5) is 4.79 Å². The molecule has 0 aromatic rings. The number of amides is 1. The van der Waals surface area contributed by atoms with Crippen molar-refractivity contribution in [2.24, 2.45) is 5.16 Å². The molecule has 0 atom stereocenters. The molecule has 6 heteroatoms. The lowest BCUT2D eigenvalue weighted by Gasteiger charge is -2.04. The highest BCUT2D eigenvalue weighted by Gasteiger charge is 2.03. The molecule has 1 N–H and O–H groups in total. The van der Waals surface area contributed by atoms with Crippen molar-refractivity contribution in [2.45, 2.75) is 20.3 Å². The number of oxime groups is 1. The topological polar surface area (TPSA) is 77.0 Å². The average molecular weight is 228 g/mol. The second-order valence-corrected chi connectivity index (χ2v) is 2.94. The molecule has 0 unspecified atom stereocenters. The van der Waals surface area contributed by atoms with Crippen LogP contribution in [0.1, 0.15) is 20.3 Å². The molecule has 0 spiro atoms. The number of rotatable bonds is 6. The molecule has 0 aliphatic rings. The van der Waals surface area contributed by atoms with E-state index in [2.05, 4.69) is 21.9 Å². The number of hydrogen-bond donors (Lipinski definition) is 1. The number of hydrogen-bond acceptors (Lipinski definition) is 5. The largest absolute Gasteiger partial charge is 0.462 e. The van der Waals surface area contributed by atoms with Crippen LogP contribution in [0.25, 0.3) is 0 Å². The number of nitrogens with zero attached hydrogens (tertiary/aromatic N) is 1. The molecule has 16 heavy (non-hydrogen) atoms. The summed E-state index contributed by atoms with van der Waals surface area (Å²) in [5.41, 5.74) is 0.352.